The van der Waals surface area contributed by atoms with E-state index in [-0.39, 0.29) is 0 Å². The summed E-state index contributed by atoms with van der Waals surface area (Å²) in [5, 5.41) is 10.7. The molecular formula is C21H39N3. The Morgan fingerprint density at radius 3 is 1.08 bits per heavy atom. The van der Waals surface area contributed by atoms with Crippen LogP contribution in [0.1, 0.15) is 76.0 Å². The van der Waals surface area contributed by atoms with E-state index in [1.54, 1.807) is 0 Å². The summed E-state index contributed by atoms with van der Waals surface area (Å²) in [5.41, 5.74) is 4.23. The molecule has 0 saturated heterocycles. The molecule has 1 aromatic carbocycles. The fraction of sp³-hybridized carbons (Fsp3) is 0.714. The van der Waals surface area contributed by atoms with Gasteiger partial charge in [0, 0.05) is 19.6 Å². The first-order valence-corrected chi connectivity index (χ1v) is 10.0. The van der Waals surface area contributed by atoms with E-state index in [0.717, 1.165) is 39.3 Å². The fourth-order valence-corrected chi connectivity index (χ4v) is 2.75. The number of rotatable bonds is 15. The van der Waals surface area contributed by atoms with Gasteiger partial charge in [-0.25, -0.2) is 0 Å². The van der Waals surface area contributed by atoms with Gasteiger partial charge in [0.15, 0.2) is 0 Å². The largest absolute Gasteiger partial charge is 0.313 e. The maximum Gasteiger partial charge on any atom is 0.0205 e. The molecule has 1 rings (SSSR count). The van der Waals surface area contributed by atoms with Crippen LogP contribution in [0.3, 0.4) is 0 Å². The van der Waals surface area contributed by atoms with Gasteiger partial charge >= 0.3 is 0 Å². The first-order valence-electron chi connectivity index (χ1n) is 10.0. The molecule has 0 fully saturated rings. The molecule has 0 aliphatic carbocycles. The highest BCUT2D eigenvalue weighted by Crippen LogP contribution is 2.11. The molecule has 0 heterocycles. The zero-order valence-corrected chi connectivity index (χ0v) is 16.2. The number of hydrogen-bond acceptors (Lipinski definition) is 3. The van der Waals surface area contributed by atoms with Crippen LogP contribution in [0.4, 0.5) is 0 Å². The number of benzene rings is 1. The highest BCUT2D eigenvalue weighted by molar-refractivity contribution is 5.30. The van der Waals surface area contributed by atoms with Crippen LogP contribution in [0.5, 0.6) is 0 Å². The Bertz CT molecular complexity index is 343. The summed E-state index contributed by atoms with van der Waals surface area (Å²) >= 11 is 0. The number of unbranched alkanes of at least 4 members (excludes halogenated alkanes) is 3. The van der Waals surface area contributed by atoms with E-state index in [4.69, 9.17) is 0 Å². The van der Waals surface area contributed by atoms with Crippen LogP contribution in [-0.2, 0) is 19.6 Å². The zero-order valence-electron chi connectivity index (χ0n) is 16.2. The first-order chi connectivity index (χ1) is 11.8. The standard InChI is InChI=1S/C21H39N3/c1-4-7-10-22-16-19-13-20(17-23-11-8-5-2)15-21(14-19)18-24-12-9-6-3/h13-15,22-24H,4-12,16-18H2,1-3H3. The normalized spacial score (nSPS) is 11.1. The second kappa shape index (κ2) is 14.4. The minimum Gasteiger partial charge on any atom is -0.313 e. The minimum absolute atomic E-state index is 0.977. The van der Waals surface area contributed by atoms with Gasteiger partial charge in [-0.1, -0.05) is 58.2 Å². The van der Waals surface area contributed by atoms with Gasteiger partial charge in [-0.2, -0.15) is 0 Å². The molecule has 0 bridgehead atoms. The van der Waals surface area contributed by atoms with E-state index in [0.29, 0.717) is 0 Å². The minimum atomic E-state index is 0.977. The number of nitrogens with one attached hydrogen (secondary N) is 3. The monoisotopic (exact) mass is 333 g/mol. The zero-order chi connectivity index (χ0) is 17.5. The molecule has 0 aliphatic heterocycles. The molecule has 0 spiro atoms. The topological polar surface area (TPSA) is 36.1 Å². The molecular weight excluding hydrogens is 294 g/mol. The van der Waals surface area contributed by atoms with Gasteiger partial charge in [-0.3, -0.25) is 0 Å². The Morgan fingerprint density at radius 2 is 0.833 bits per heavy atom. The summed E-state index contributed by atoms with van der Waals surface area (Å²) in [5.74, 6) is 0. The van der Waals surface area contributed by atoms with Crippen LogP contribution in [0.2, 0.25) is 0 Å². The Hall–Kier alpha value is -0.900. The second-order valence-electron chi connectivity index (χ2n) is 6.75. The molecule has 0 amide bonds. The lowest BCUT2D eigenvalue weighted by Crippen LogP contribution is -2.18. The van der Waals surface area contributed by atoms with Gasteiger partial charge in [-0.05, 0) is 55.6 Å². The molecule has 0 unspecified atom stereocenters. The average Bonchev–Trinajstić information content (AvgIpc) is 2.59. The van der Waals surface area contributed by atoms with Crippen LogP contribution in [0, 0.1) is 0 Å². The first kappa shape index (κ1) is 21.1. The van der Waals surface area contributed by atoms with Crippen LogP contribution >= 0.6 is 0 Å². The highest BCUT2D eigenvalue weighted by Gasteiger charge is 2.02. The predicted octanol–water partition coefficient (Wildman–Crippen LogP) is 4.36. The third-order valence-electron chi connectivity index (χ3n) is 4.22. The molecule has 3 nitrogen and oxygen atoms in total. The van der Waals surface area contributed by atoms with E-state index in [1.807, 2.05) is 0 Å². The van der Waals surface area contributed by atoms with Crippen molar-refractivity contribution in [2.24, 2.45) is 0 Å². The fourth-order valence-electron chi connectivity index (χ4n) is 2.75. The molecule has 0 saturated carbocycles. The van der Waals surface area contributed by atoms with Crippen LogP contribution in [-0.4, -0.2) is 19.6 Å². The molecule has 0 atom stereocenters. The van der Waals surface area contributed by atoms with Crippen molar-refractivity contribution in [1.82, 2.24) is 16.0 Å². The van der Waals surface area contributed by atoms with Gasteiger partial charge in [0.05, 0.1) is 0 Å². The van der Waals surface area contributed by atoms with Crippen molar-refractivity contribution in [1.29, 1.82) is 0 Å². The molecule has 3 N–H and O–H groups in total. The molecule has 24 heavy (non-hydrogen) atoms. The third-order valence-corrected chi connectivity index (χ3v) is 4.22. The van der Waals surface area contributed by atoms with Crippen molar-refractivity contribution in [3.05, 3.63) is 34.9 Å². The summed E-state index contributed by atoms with van der Waals surface area (Å²) < 4.78 is 0. The summed E-state index contributed by atoms with van der Waals surface area (Å²) in [4.78, 5) is 0. The van der Waals surface area contributed by atoms with E-state index in [9.17, 15) is 0 Å². The van der Waals surface area contributed by atoms with Crippen molar-refractivity contribution in [3.63, 3.8) is 0 Å². The van der Waals surface area contributed by atoms with Crippen LogP contribution in [0.15, 0.2) is 18.2 Å². The quantitative estimate of drug-likeness (QED) is 0.418. The predicted molar refractivity (Wildman–Crippen MR) is 106 cm³/mol. The van der Waals surface area contributed by atoms with E-state index in [1.165, 1.54) is 55.2 Å². The maximum atomic E-state index is 3.57. The van der Waals surface area contributed by atoms with Crippen LogP contribution in [0.25, 0.3) is 0 Å². The Morgan fingerprint density at radius 1 is 0.542 bits per heavy atom. The summed E-state index contributed by atoms with van der Waals surface area (Å²) in [6.45, 7) is 13.0. The van der Waals surface area contributed by atoms with Crippen LogP contribution < -0.4 is 16.0 Å². The van der Waals surface area contributed by atoms with Gasteiger partial charge in [0.2, 0.25) is 0 Å². The highest BCUT2D eigenvalue weighted by atomic mass is 14.9. The Balaban J connectivity index is 2.58. The summed E-state index contributed by atoms with van der Waals surface area (Å²) in [6, 6.07) is 7.06. The van der Waals surface area contributed by atoms with Crippen molar-refractivity contribution < 1.29 is 0 Å². The van der Waals surface area contributed by atoms with Gasteiger partial charge < -0.3 is 16.0 Å². The number of hydrogen-bond donors (Lipinski definition) is 3. The molecule has 0 aliphatic rings. The van der Waals surface area contributed by atoms with Crippen molar-refractivity contribution in [2.75, 3.05) is 19.6 Å². The second-order valence-corrected chi connectivity index (χ2v) is 6.75. The van der Waals surface area contributed by atoms with E-state index in [2.05, 4.69) is 54.9 Å². The Labute approximate surface area is 150 Å². The third kappa shape index (κ3) is 10.1. The summed E-state index contributed by atoms with van der Waals surface area (Å²) in [6.07, 6.45) is 7.51. The van der Waals surface area contributed by atoms with Crippen molar-refractivity contribution in [3.8, 4) is 0 Å². The smallest absolute Gasteiger partial charge is 0.0205 e. The SMILES string of the molecule is CCCCNCc1cc(CNCCCC)cc(CNCCCC)c1. The van der Waals surface area contributed by atoms with Gasteiger partial charge in [-0.15, -0.1) is 0 Å². The molecule has 3 heteroatoms. The molecule has 138 valence electrons. The Kier molecular flexibility index (Phi) is 12.7. The lowest BCUT2D eigenvalue weighted by Gasteiger charge is -2.12. The molecule has 1 aromatic rings. The lowest BCUT2D eigenvalue weighted by atomic mass is 10.0. The average molecular weight is 334 g/mol. The van der Waals surface area contributed by atoms with Gasteiger partial charge in [0.1, 0.15) is 0 Å². The van der Waals surface area contributed by atoms with Gasteiger partial charge in [0.25, 0.3) is 0 Å². The van der Waals surface area contributed by atoms with Crippen molar-refractivity contribution >= 4 is 0 Å². The summed E-state index contributed by atoms with van der Waals surface area (Å²) in [7, 11) is 0. The van der Waals surface area contributed by atoms with E-state index < -0.39 is 0 Å². The molecule has 0 aromatic heterocycles. The molecule has 0 radical (unpaired) electrons. The maximum absolute atomic E-state index is 3.57. The van der Waals surface area contributed by atoms with Crippen molar-refractivity contribution in [2.45, 2.75) is 78.9 Å². The lowest BCUT2D eigenvalue weighted by molar-refractivity contribution is 0.625. The van der Waals surface area contributed by atoms with E-state index >= 15 is 0 Å².